The zero-order valence-electron chi connectivity index (χ0n) is 12.0. The van der Waals surface area contributed by atoms with Crippen molar-refractivity contribution in [2.75, 3.05) is 0 Å². The lowest BCUT2D eigenvalue weighted by molar-refractivity contribution is -0.711. The lowest BCUT2D eigenvalue weighted by Gasteiger charge is -2.27. The number of allylic oxidation sites excluding steroid dienone is 1. The fraction of sp³-hybridized carbons (Fsp3) is 0.118. The summed E-state index contributed by atoms with van der Waals surface area (Å²) in [7, 11) is 0. The van der Waals surface area contributed by atoms with Crippen molar-refractivity contribution in [1.82, 2.24) is 5.32 Å². The number of nitrogens with one attached hydrogen (secondary N) is 1. The Kier molecular flexibility index (Phi) is 3.77. The van der Waals surface area contributed by atoms with Crippen molar-refractivity contribution in [1.29, 1.82) is 5.26 Å². The van der Waals surface area contributed by atoms with Crippen molar-refractivity contribution in [3.8, 4) is 6.07 Å². The third kappa shape index (κ3) is 2.64. The Hall–Kier alpha value is -3.20. The van der Waals surface area contributed by atoms with Gasteiger partial charge in [0.05, 0.1) is 5.92 Å². The summed E-state index contributed by atoms with van der Waals surface area (Å²) in [4.78, 5) is 12.4. The molecule has 2 aromatic rings. The molecule has 0 bridgehead atoms. The van der Waals surface area contributed by atoms with E-state index in [4.69, 9.17) is 0 Å². The van der Waals surface area contributed by atoms with Crippen molar-refractivity contribution in [3.05, 3.63) is 77.7 Å². The second kappa shape index (κ2) is 5.89. The number of nitriles is 1. The number of carbonyl (C=O) groups excluding carboxylic acids is 1. The molecule has 1 aliphatic rings. The summed E-state index contributed by atoms with van der Waals surface area (Å²) in [5.41, 5.74) is 0.614. The van der Waals surface area contributed by atoms with E-state index in [1.54, 1.807) is 29.1 Å². The van der Waals surface area contributed by atoms with Gasteiger partial charge in [-0.3, -0.25) is 10.1 Å². The van der Waals surface area contributed by atoms with Crippen LogP contribution in [0.4, 0.5) is 4.39 Å². The van der Waals surface area contributed by atoms with E-state index in [1.807, 2.05) is 12.1 Å². The minimum absolute atomic E-state index is 0.0394. The fourth-order valence-electron chi connectivity index (χ4n) is 2.76. The van der Waals surface area contributed by atoms with Gasteiger partial charge in [-0.1, -0.05) is 18.2 Å². The van der Waals surface area contributed by atoms with Gasteiger partial charge in [0.25, 0.3) is 5.91 Å². The van der Waals surface area contributed by atoms with Crippen LogP contribution in [0.1, 0.15) is 17.5 Å². The second-order valence-corrected chi connectivity index (χ2v) is 5.16. The number of halogens is 1. The van der Waals surface area contributed by atoms with Crippen molar-refractivity contribution in [3.63, 3.8) is 0 Å². The number of amides is 1. The number of aliphatic hydroxyl groups excluding tert-OH is 1. The molecule has 0 unspecified atom stereocenters. The van der Waals surface area contributed by atoms with Gasteiger partial charge < -0.3 is 5.11 Å². The van der Waals surface area contributed by atoms with Crippen LogP contribution in [-0.2, 0) is 4.79 Å². The highest BCUT2D eigenvalue weighted by Crippen LogP contribution is 2.36. The van der Waals surface area contributed by atoms with Crippen LogP contribution in [0.3, 0.4) is 0 Å². The third-order valence-electron chi connectivity index (χ3n) is 3.80. The first-order valence-corrected chi connectivity index (χ1v) is 6.97. The Labute approximate surface area is 131 Å². The third-order valence-corrected chi connectivity index (χ3v) is 3.80. The number of hydrogen-bond donors (Lipinski definition) is 2. The van der Waals surface area contributed by atoms with Crippen molar-refractivity contribution >= 4 is 5.91 Å². The molecule has 0 aliphatic carbocycles. The molecule has 6 heteroatoms. The smallest absolute Gasteiger partial charge is 0.296 e. The molecule has 1 amide bonds. The summed E-state index contributed by atoms with van der Waals surface area (Å²) in [6.45, 7) is 0. The van der Waals surface area contributed by atoms with Gasteiger partial charge in [0.1, 0.15) is 17.5 Å². The molecular formula is C17H13FN3O2+. The zero-order chi connectivity index (χ0) is 16.4. The second-order valence-electron chi connectivity index (χ2n) is 5.16. The molecule has 3 rings (SSSR count). The first-order valence-electron chi connectivity index (χ1n) is 6.97. The number of hydrogen-bond acceptors (Lipinski definition) is 3. The standard InChI is InChI=1S/C17H12FN3O2/c18-12-6-4-11(5-7-12)14-13(10-19)16(22)20-17(23)15(14)21-8-2-1-3-9-21/h1-9,14-15H,(H-,20,22,23)/p+1/t14-,15+/m1/s1. The van der Waals surface area contributed by atoms with Crippen molar-refractivity contribution in [2.24, 2.45) is 0 Å². The van der Waals surface area contributed by atoms with Gasteiger partial charge in [-0.05, 0) is 17.7 Å². The van der Waals surface area contributed by atoms with Gasteiger partial charge in [0, 0.05) is 12.1 Å². The van der Waals surface area contributed by atoms with Crippen LogP contribution in [0.15, 0.2) is 66.3 Å². The first-order chi connectivity index (χ1) is 11.1. The number of rotatable bonds is 2. The number of aromatic nitrogens is 1. The van der Waals surface area contributed by atoms with Gasteiger partial charge in [0.15, 0.2) is 12.4 Å². The maximum Gasteiger partial charge on any atom is 0.296 e. The molecule has 2 N–H and O–H groups in total. The number of benzene rings is 1. The quantitative estimate of drug-likeness (QED) is 0.831. The van der Waals surface area contributed by atoms with E-state index in [0.717, 1.165) is 0 Å². The monoisotopic (exact) mass is 310 g/mol. The van der Waals surface area contributed by atoms with Gasteiger partial charge in [-0.2, -0.15) is 9.83 Å². The Balaban J connectivity index is 2.18. The van der Waals surface area contributed by atoms with Crippen LogP contribution in [0.25, 0.3) is 0 Å². The van der Waals surface area contributed by atoms with Crippen LogP contribution in [-0.4, -0.2) is 11.0 Å². The van der Waals surface area contributed by atoms with Crippen molar-refractivity contribution in [2.45, 2.75) is 12.0 Å². The minimum atomic E-state index is -0.757. The molecule has 1 aliphatic heterocycles. The maximum absolute atomic E-state index is 13.2. The Morgan fingerprint density at radius 3 is 2.43 bits per heavy atom. The van der Waals surface area contributed by atoms with E-state index in [0.29, 0.717) is 5.56 Å². The van der Waals surface area contributed by atoms with Crippen LogP contribution in [0.2, 0.25) is 0 Å². The van der Waals surface area contributed by atoms with Crippen LogP contribution < -0.4 is 9.88 Å². The van der Waals surface area contributed by atoms with Crippen molar-refractivity contribution < 1.29 is 18.9 Å². The maximum atomic E-state index is 13.2. The summed E-state index contributed by atoms with van der Waals surface area (Å²) < 4.78 is 14.9. The van der Waals surface area contributed by atoms with Crippen LogP contribution >= 0.6 is 0 Å². The molecular weight excluding hydrogens is 297 g/mol. The first kappa shape index (κ1) is 14.7. The zero-order valence-corrected chi connectivity index (χ0v) is 12.0. The van der Waals surface area contributed by atoms with E-state index in [9.17, 15) is 19.6 Å². The number of carbonyl (C=O) groups is 1. The van der Waals surface area contributed by atoms with Gasteiger partial charge in [0.2, 0.25) is 11.9 Å². The van der Waals surface area contributed by atoms with Gasteiger partial charge in [-0.25, -0.2) is 4.39 Å². The van der Waals surface area contributed by atoms with E-state index in [1.165, 1.54) is 24.3 Å². The predicted octanol–water partition coefficient (Wildman–Crippen LogP) is 1.86. The normalized spacial score (nSPS) is 20.8. The summed E-state index contributed by atoms with van der Waals surface area (Å²) in [5, 5.41) is 21.6. The molecule has 0 fully saturated rings. The molecule has 0 saturated heterocycles. The lowest BCUT2D eigenvalue weighted by Crippen LogP contribution is -2.53. The Morgan fingerprint density at radius 1 is 1.17 bits per heavy atom. The SMILES string of the molecule is N#CC1=C(O)NC(=O)[C@@H]([n+]2ccccc2)[C@@H]1c1ccc(F)cc1. The molecule has 1 aromatic carbocycles. The summed E-state index contributed by atoms with van der Waals surface area (Å²) >= 11 is 0. The molecule has 0 saturated carbocycles. The van der Waals surface area contributed by atoms with Crippen LogP contribution in [0.5, 0.6) is 0 Å². The lowest BCUT2D eigenvalue weighted by atomic mass is 9.82. The highest BCUT2D eigenvalue weighted by Gasteiger charge is 2.45. The van der Waals surface area contributed by atoms with Gasteiger partial charge in [-0.15, -0.1) is 0 Å². The highest BCUT2D eigenvalue weighted by molar-refractivity contribution is 5.84. The minimum Gasteiger partial charge on any atom is -0.494 e. The average molecular weight is 310 g/mol. The van der Waals surface area contributed by atoms with Crippen LogP contribution in [0, 0.1) is 17.1 Å². The number of nitrogens with zero attached hydrogens (tertiary/aromatic N) is 2. The van der Waals surface area contributed by atoms with E-state index in [2.05, 4.69) is 5.32 Å². The Bertz CT molecular complexity index is 810. The predicted molar refractivity (Wildman–Crippen MR) is 78.2 cm³/mol. The Morgan fingerprint density at radius 2 is 1.83 bits per heavy atom. The van der Waals surface area contributed by atoms with Gasteiger partial charge >= 0.3 is 0 Å². The molecule has 114 valence electrons. The number of pyridine rings is 1. The summed E-state index contributed by atoms with van der Waals surface area (Å²) in [6.07, 6.45) is 3.41. The topological polar surface area (TPSA) is 77.0 Å². The molecule has 0 radical (unpaired) electrons. The largest absolute Gasteiger partial charge is 0.494 e. The molecule has 2 atom stereocenters. The molecule has 1 aromatic heterocycles. The fourth-order valence-corrected chi connectivity index (χ4v) is 2.76. The van der Waals surface area contributed by atoms with E-state index < -0.39 is 29.6 Å². The summed E-state index contributed by atoms with van der Waals surface area (Å²) in [5.74, 6) is -2.02. The molecule has 5 nitrogen and oxygen atoms in total. The summed E-state index contributed by atoms with van der Waals surface area (Å²) in [6, 6.07) is 12.1. The van der Waals surface area contributed by atoms with E-state index >= 15 is 0 Å². The number of aliphatic hydroxyl groups is 1. The molecule has 2 heterocycles. The average Bonchev–Trinajstić information content (AvgIpc) is 2.56. The molecule has 23 heavy (non-hydrogen) atoms. The highest BCUT2D eigenvalue weighted by atomic mass is 19.1. The molecule has 0 spiro atoms. The van der Waals surface area contributed by atoms with E-state index in [-0.39, 0.29) is 5.57 Å².